The molecule has 192 valence electrons. The number of aryl methyl sites for hydroxylation is 1. The highest BCUT2D eigenvalue weighted by atomic mass is 32.2. The third-order valence-corrected chi connectivity index (χ3v) is 6.70. The first-order valence-electron chi connectivity index (χ1n) is 12.0. The quantitative estimate of drug-likeness (QED) is 0.299. The SMILES string of the molecule is COc1cc(/C=C2\C(=N)N3N=C(Cc4ccccc4)SC3=NC2=O)ccc1OCCOc1cccc(C)c1. The minimum atomic E-state index is -0.475. The Labute approximate surface area is 225 Å². The van der Waals surface area contributed by atoms with Crippen molar-refractivity contribution in [3.05, 3.63) is 95.1 Å². The van der Waals surface area contributed by atoms with Crippen LogP contribution in [0.25, 0.3) is 6.08 Å². The number of fused-ring (bicyclic) bond motifs is 1. The molecule has 0 saturated heterocycles. The molecule has 2 heterocycles. The molecule has 1 N–H and O–H groups in total. The van der Waals surface area contributed by atoms with Crippen LogP contribution in [-0.2, 0) is 11.2 Å². The number of benzene rings is 3. The third-order valence-electron chi connectivity index (χ3n) is 5.79. The van der Waals surface area contributed by atoms with Crippen LogP contribution in [0.2, 0.25) is 0 Å². The van der Waals surface area contributed by atoms with E-state index in [0.717, 1.165) is 21.9 Å². The molecule has 0 radical (unpaired) electrons. The molecule has 0 atom stereocenters. The number of thioether (sulfide) groups is 1. The molecule has 1 amide bonds. The van der Waals surface area contributed by atoms with E-state index in [0.29, 0.717) is 41.9 Å². The molecule has 0 unspecified atom stereocenters. The first-order chi connectivity index (χ1) is 18.5. The van der Waals surface area contributed by atoms with Crippen LogP contribution in [0, 0.1) is 12.3 Å². The molecule has 0 aromatic heterocycles. The number of carbonyl (C=O) groups is 1. The molecule has 0 fully saturated rings. The number of ether oxygens (including phenoxy) is 3. The second kappa shape index (κ2) is 11.4. The lowest BCUT2D eigenvalue weighted by molar-refractivity contribution is -0.114. The van der Waals surface area contributed by atoms with Gasteiger partial charge in [-0.05, 0) is 65.7 Å². The summed E-state index contributed by atoms with van der Waals surface area (Å²) in [5, 5.41) is 15.8. The third kappa shape index (κ3) is 5.78. The summed E-state index contributed by atoms with van der Waals surface area (Å²) >= 11 is 1.31. The molecule has 3 aromatic carbocycles. The van der Waals surface area contributed by atoms with Crippen LogP contribution in [0.3, 0.4) is 0 Å². The van der Waals surface area contributed by atoms with Gasteiger partial charge in [0.25, 0.3) is 5.91 Å². The van der Waals surface area contributed by atoms with Gasteiger partial charge in [0.2, 0.25) is 5.17 Å². The van der Waals surface area contributed by atoms with E-state index in [4.69, 9.17) is 19.6 Å². The number of rotatable bonds is 9. The first-order valence-corrected chi connectivity index (χ1v) is 12.8. The molecule has 9 heteroatoms. The topological polar surface area (TPSA) is 96.6 Å². The van der Waals surface area contributed by atoms with E-state index < -0.39 is 5.91 Å². The zero-order valence-electron chi connectivity index (χ0n) is 21.0. The number of hydrogen-bond acceptors (Lipinski definition) is 7. The molecular formula is C29H26N4O4S. The average Bonchev–Trinajstić information content (AvgIpc) is 3.32. The van der Waals surface area contributed by atoms with Crippen molar-refractivity contribution in [1.29, 1.82) is 5.41 Å². The molecule has 2 aliphatic rings. The van der Waals surface area contributed by atoms with Gasteiger partial charge in [0.15, 0.2) is 17.3 Å². The largest absolute Gasteiger partial charge is 0.493 e. The van der Waals surface area contributed by atoms with Crippen molar-refractivity contribution in [2.75, 3.05) is 20.3 Å². The van der Waals surface area contributed by atoms with E-state index in [1.54, 1.807) is 31.4 Å². The minimum Gasteiger partial charge on any atom is -0.493 e. The lowest BCUT2D eigenvalue weighted by Crippen LogP contribution is -2.35. The van der Waals surface area contributed by atoms with Gasteiger partial charge in [-0.2, -0.15) is 15.1 Å². The molecule has 5 rings (SSSR count). The van der Waals surface area contributed by atoms with Crippen LogP contribution >= 0.6 is 11.8 Å². The lowest BCUT2D eigenvalue weighted by atomic mass is 10.1. The number of nitrogens with zero attached hydrogens (tertiary/aromatic N) is 3. The number of methoxy groups -OCH3 is 1. The Morgan fingerprint density at radius 1 is 0.974 bits per heavy atom. The van der Waals surface area contributed by atoms with E-state index in [2.05, 4.69) is 10.1 Å². The highest BCUT2D eigenvalue weighted by Gasteiger charge is 2.35. The predicted octanol–water partition coefficient (Wildman–Crippen LogP) is 5.32. The summed E-state index contributed by atoms with van der Waals surface area (Å²) in [5.41, 5.74) is 3.06. The van der Waals surface area contributed by atoms with Gasteiger partial charge >= 0.3 is 0 Å². The van der Waals surface area contributed by atoms with Gasteiger partial charge in [0.05, 0.1) is 12.7 Å². The molecule has 0 spiro atoms. The van der Waals surface area contributed by atoms with Gasteiger partial charge in [0, 0.05) is 6.42 Å². The van der Waals surface area contributed by atoms with Crippen molar-refractivity contribution >= 4 is 39.8 Å². The van der Waals surface area contributed by atoms with Gasteiger partial charge in [-0.25, -0.2) is 0 Å². The Hall–Kier alpha value is -4.37. The molecular weight excluding hydrogens is 500 g/mol. The van der Waals surface area contributed by atoms with Crippen molar-refractivity contribution < 1.29 is 19.0 Å². The van der Waals surface area contributed by atoms with Crippen molar-refractivity contribution in [3.63, 3.8) is 0 Å². The molecule has 0 bridgehead atoms. The minimum absolute atomic E-state index is 0.0110. The van der Waals surface area contributed by atoms with Crippen molar-refractivity contribution in [3.8, 4) is 17.2 Å². The van der Waals surface area contributed by atoms with Gasteiger partial charge in [-0.15, -0.1) is 0 Å². The maximum atomic E-state index is 12.8. The Morgan fingerprint density at radius 2 is 1.79 bits per heavy atom. The maximum Gasteiger partial charge on any atom is 0.283 e. The molecule has 0 aliphatic carbocycles. The van der Waals surface area contributed by atoms with Crippen LogP contribution in [0.15, 0.2) is 88.5 Å². The Bertz CT molecular complexity index is 1470. The molecule has 8 nitrogen and oxygen atoms in total. The number of nitrogens with one attached hydrogen (secondary N) is 1. The summed E-state index contributed by atoms with van der Waals surface area (Å²) in [4.78, 5) is 17.0. The van der Waals surface area contributed by atoms with E-state index in [1.807, 2.05) is 61.5 Å². The molecule has 0 saturated carbocycles. The van der Waals surface area contributed by atoms with E-state index in [-0.39, 0.29) is 11.4 Å². The van der Waals surface area contributed by atoms with Crippen molar-refractivity contribution in [1.82, 2.24) is 5.01 Å². The summed E-state index contributed by atoms with van der Waals surface area (Å²) in [7, 11) is 1.55. The molecule has 2 aliphatic heterocycles. The number of hydrazone groups is 1. The highest BCUT2D eigenvalue weighted by molar-refractivity contribution is 8.26. The van der Waals surface area contributed by atoms with Crippen molar-refractivity contribution in [2.45, 2.75) is 13.3 Å². The van der Waals surface area contributed by atoms with Crippen LogP contribution in [-0.4, -0.2) is 47.3 Å². The zero-order chi connectivity index (χ0) is 26.5. The van der Waals surface area contributed by atoms with Gasteiger partial charge in [0.1, 0.15) is 24.0 Å². The lowest BCUT2D eigenvalue weighted by Gasteiger charge is -2.20. The van der Waals surface area contributed by atoms with Gasteiger partial charge < -0.3 is 14.2 Å². The molecule has 38 heavy (non-hydrogen) atoms. The summed E-state index contributed by atoms with van der Waals surface area (Å²) in [6.07, 6.45) is 2.23. The first kappa shape index (κ1) is 25.3. The standard InChI is InChI=1S/C29H26N4O4S/c1-19-7-6-10-22(15-19)36-13-14-37-24-12-11-21(17-25(24)35-2)16-23-27(30)33-29(31-28(23)34)38-26(32-33)18-20-8-4-3-5-9-20/h3-12,15-17,30H,13-14,18H2,1-2H3/b23-16+,30-27?. The zero-order valence-corrected chi connectivity index (χ0v) is 21.8. The Kier molecular flexibility index (Phi) is 7.55. The van der Waals surface area contributed by atoms with E-state index in [9.17, 15) is 4.79 Å². The fourth-order valence-electron chi connectivity index (χ4n) is 3.95. The van der Waals surface area contributed by atoms with Crippen LogP contribution in [0.1, 0.15) is 16.7 Å². The number of amidine groups is 2. The summed E-state index contributed by atoms with van der Waals surface area (Å²) in [5.74, 6) is 1.37. The number of carbonyl (C=O) groups excluding carboxylic acids is 1. The van der Waals surface area contributed by atoms with Gasteiger partial charge in [-0.1, -0.05) is 48.5 Å². The van der Waals surface area contributed by atoms with Crippen LogP contribution in [0.5, 0.6) is 17.2 Å². The molecule has 3 aromatic rings. The predicted molar refractivity (Wildman–Crippen MR) is 150 cm³/mol. The van der Waals surface area contributed by atoms with E-state index in [1.165, 1.54) is 16.8 Å². The summed E-state index contributed by atoms with van der Waals surface area (Å²) in [6, 6.07) is 23.1. The number of hydrogen-bond donors (Lipinski definition) is 1. The summed E-state index contributed by atoms with van der Waals surface area (Å²) < 4.78 is 17.1. The smallest absolute Gasteiger partial charge is 0.283 e. The van der Waals surface area contributed by atoms with Crippen molar-refractivity contribution in [2.24, 2.45) is 10.1 Å². The van der Waals surface area contributed by atoms with Gasteiger partial charge in [-0.3, -0.25) is 10.2 Å². The fraction of sp³-hybridized carbons (Fsp3) is 0.172. The maximum absolute atomic E-state index is 12.8. The van der Waals surface area contributed by atoms with Crippen LogP contribution < -0.4 is 14.2 Å². The van der Waals surface area contributed by atoms with E-state index >= 15 is 0 Å². The number of amides is 1. The normalized spacial score (nSPS) is 15.7. The summed E-state index contributed by atoms with van der Waals surface area (Å²) in [6.45, 7) is 2.73. The highest BCUT2D eigenvalue weighted by Crippen LogP contribution is 2.32. The Balaban J connectivity index is 1.26. The Morgan fingerprint density at radius 3 is 2.58 bits per heavy atom. The fourth-order valence-corrected chi connectivity index (χ4v) is 4.87. The monoisotopic (exact) mass is 526 g/mol. The number of aliphatic imine (C=N–C) groups is 1. The average molecular weight is 527 g/mol. The van der Waals surface area contributed by atoms with Crippen LogP contribution in [0.4, 0.5) is 0 Å². The second-order valence-electron chi connectivity index (χ2n) is 8.60. The second-order valence-corrected chi connectivity index (χ2v) is 9.64.